The summed E-state index contributed by atoms with van der Waals surface area (Å²) in [6.45, 7) is 3.99. The van der Waals surface area contributed by atoms with Gasteiger partial charge in [-0.05, 0) is 17.7 Å². The number of nitro groups is 1. The van der Waals surface area contributed by atoms with Gasteiger partial charge in [0, 0.05) is 19.5 Å². The van der Waals surface area contributed by atoms with Crippen molar-refractivity contribution >= 4 is 11.5 Å². The fraction of sp³-hybridized carbons (Fsp3) is 0.357. The lowest BCUT2D eigenvalue weighted by atomic mass is 10.1. The summed E-state index contributed by atoms with van der Waals surface area (Å²) in [5.74, 6) is -0.0639. The molecule has 0 saturated heterocycles. The van der Waals surface area contributed by atoms with Crippen LogP contribution in [0.5, 0.6) is 0 Å². The highest BCUT2D eigenvalue weighted by Gasteiger charge is 2.28. The van der Waals surface area contributed by atoms with E-state index >= 15 is 0 Å². The summed E-state index contributed by atoms with van der Waals surface area (Å²) in [5.41, 5.74) is 1.12. The molecule has 0 amide bonds. The van der Waals surface area contributed by atoms with Crippen molar-refractivity contribution in [2.75, 3.05) is 5.32 Å². The Morgan fingerprint density at radius 3 is 2.76 bits per heavy atom. The van der Waals surface area contributed by atoms with Gasteiger partial charge in [-0.15, -0.1) is 0 Å². The van der Waals surface area contributed by atoms with Gasteiger partial charge < -0.3 is 5.32 Å². The van der Waals surface area contributed by atoms with Gasteiger partial charge in [0.25, 0.3) is 0 Å². The standard InChI is InChI=1S/C14H17FN4O2/c1-9(2)12-13(19(20)21)14(18(3)17-12)16-8-10-5-4-6-11(15)7-10/h4-7,9,16H,8H2,1-3H3. The molecule has 0 bridgehead atoms. The number of halogens is 1. The maximum Gasteiger partial charge on any atom is 0.334 e. The third-order valence-corrected chi connectivity index (χ3v) is 3.13. The average Bonchev–Trinajstić information content (AvgIpc) is 2.74. The summed E-state index contributed by atoms with van der Waals surface area (Å²) in [6.07, 6.45) is 0. The summed E-state index contributed by atoms with van der Waals surface area (Å²) < 4.78 is 14.6. The first-order valence-corrected chi connectivity index (χ1v) is 6.59. The fourth-order valence-corrected chi connectivity index (χ4v) is 2.13. The highest BCUT2D eigenvalue weighted by atomic mass is 19.1. The van der Waals surface area contributed by atoms with E-state index in [4.69, 9.17) is 0 Å². The minimum Gasteiger partial charge on any atom is -0.360 e. The number of aryl methyl sites for hydroxylation is 1. The summed E-state index contributed by atoms with van der Waals surface area (Å²) in [6, 6.07) is 6.09. The molecule has 0 radical (unpaired) electrons. The average molecular weight is 292 g/mol. The van der Waals surface area contributed by atoms with Gasteiger partial charge in [-0.1, -0.05) is 26.0 Å². The van der Waals surface area contributed by atoms with Crippen molar-refractivity contribution in [3.8, 4) is 0 Å². The highest BCUT2D eigenvalue weighted by molar-refractivity contribution is 5.60. The molecule has 1 aromatic carbocycles. The van der Waals surface area contributed by atoms with E-state index in [0.29, 0.717) is 17.1 Å². The Hall–Kier alpha value is -2.44. The van der Waals surface area contributed by atoms with Crippen LogP contribution in [0.3, 0.4) is 0 Å². The molecule has 0 aliphatic heterocycles. The second-order valence-corrected chi connectivity index (χ2v) is 5.10. The van der Waals surface area contributed by atoms with Crippen LogP contribution in [0.4, 0.5) is 15.9 Å². The zero-order chi connectivity index (χ0) is 15.6. The molecule has 112 valence electrons. The molecule has 6 nitrogen and oxygen atoms in total. The zero-order valence-corrected chi connectivity index (χ0v) is 12.1. The summed E-state index contributed by atoms with van der Waals surface area (Å²) >= 11 is 0. The maximum atomic E-state index is 13.1. The molecular weight excluding hydrogens is 275 g/mol. The SMILES string of the molecule is CC(C)c1nn(C)c(NCc2cccc(F)c2)c1[N+](=O)[O-]. The van der Waals surface area contributed by atoms with Crippen LogP contribution in [0.15, 0.2) is 24.3 Å². The first-order valence-electron chi connectivity index (χ1n) is 6.59. The first kappa shape index (κ1) is 15.0. The molecule has 0 atom stereocenters. The van der Waals surface area contributed by atoms with Gasteiger partial charge in [-0.3, -0.25) is 10.1 Å². The predicted molar refractivity (Wildman–Crippen MR) is 77.7 cm³/mol. The lowest BCUT2D eigenvalue weighted by Crippen LogP contribution is -2.06. The number of benzene rings is 1. The second-order valence-electron chi connectivity index (χ2n) is 5.10. The van der Waals surface area contributed by atoms with E-state index in [-0.39, 0.29) is 24.0 Å². The smallest absolute Gasteiger partial charge is 0.334 e. The molecule has 0 aliphatic rings. The van der Waals surface area contributed by atoms with E-state index in [1.807, 2.05) is 13.8 Å². The third-order valence-electron chi connectivity index (χ3n) is 3.13. The maximum absolute atomic E-state index is 13.1. The van der Waals surface area contributed by atoms with Crippen molar-refractivity contribution in [2.24, 2.45) is 7.05 Å². The van der Waals surface area contributed by atoms with E-state index in [2.05, 4.69) is 10.4 Å². The molecule has 0 saturated carbocycles. The van der Waals surface area contributed by atoms with Crippen molar-refractivity contribution in [1.29, 1.82) is 0 Å². The number of anilines is 1. The molecular formula is C14H17FN4O2. The van der Waals surface area contributed by atoms with E-state index in [1.165, 1.54) is 16.8 Å². The van der Waals surface area contributed by atoms with Crippen molar-refractivity contribution in [2.45, 2.75) is 26.3 Å². The van der Waals surface area contributed by atoms with Gasteiger partial charge in [0.05, 0.1) is 4.92 Å². The Morgan fingerprint density at radius 1 is 1.48 bits per heavy atom. The monoisotopic (exact) mass is 292 g/mol. The van der Waals surface area contributed by atoms with Crippen LogP contribution < -0.4 is 5.32 Å². The molecule has 0 aliphatic carbocycles. The Morgan fingerprint density at radius 2 is 2.19 bits per heavy atom. The van der Waals surface area contributed by atoms with Crippen molar-refractivity contribution in [1.82, 2.24) is 9.78 Å². The highest BCUT2D eigenvalue weighted by Crippen LogP contribution is 2.32. The van der Waals surface area contributed by atoms with Gasteiger partial charge in [-0.25, -0.2) is 9.07 Å². The Kier molecular flexibility index (Phi) is 4.21. The molecule has 2 aromatic rings. The normalized spacial score (nSPS) is 10.9. The molecule has 0 fully saturated rings. The molecule has 21 heavy (non-hydrogen) atoms. The van der Waals surface area contributed by atoms with Gasteiger partial charge in [0.1, 0.15) is 11.5 Å². The molecule has 1 N–H and O–H groups in total. The zero-order valence-electron chi connectivity index (χ0n) is 12.1. The minimum absolute atomic E-state index is 0.0242. The van der Waals surface area contributed by atoms with Gasteiger partial charge >= 0.3 is 5.69 Å². The molecule has 1 heterocycles. The molecule has 1 aromatic heterocycles. The van der Waals surface area contributed by atoms with Crippen LogP contribution in [-0.4, -0.2) is 14.7 Å². The van der Waals surface area contributed by atoms with Crippen molar-refractivity contribution in [3.05, 3.63) is 51.5 Å². The van der Waals surface area contributed by atoms with Gasteiger partial charge in [0.15, 0.2) is 0 Å². The minimum atomic E-state index is -0.434. The lowest BCUT2D eigenvalue weighted by molar-refractivity contribution is -0.384. The van der Waals surface area contributed by atoms with Crippen molar-refractivity contribution in [3.63, 3.8) is 0 Å². The number of hydrogen-bond acceptors (Lipinski definition) is 4. The van der Waals surface area contributed by atoms with E-state index < -0.39 is 4.92 Å². The molecule has 7 heteroatoms. The van der Waals surface area contributed by atoms with E-state index in [0.717, 1.165) is 0 Å². The van der Waals surface area contributed by atoms with Crippen LogP contribution in [0.1, 0.15) is 31.0 Å². The van der Waals surface area contributed by atoms with E-state index in [1.54, 1.807) is 19.2 Å². The van der Waals surface area contributed by atoms with Gasteiger partial charge in [0.2, 0.25) is 5.82 Å². The van der Waals surface area contributed by atoms with E-state index in [9.17, 15) is 14.5 Å². The Labute approximate surface area is 121 Å². The Balaban J connectivity index is 2.29. The molecule has 0 unspecified atom stereocenters. The third kappa shape index (κ3) is 3.18. The summed E-state index contributed by atoms with van der Waals surface area (Å²) in [5, 5.41) is 18.5. The number of nitrogens with one attached hydrogen (secondary N) is 1. The van der Waals surface area contributed by atoms with Gasteiger partial charge in [-0.2, -0.15) is 5.10 Å². The Bertz CT molecular complexity index is 667. The lowest BCUT2D eigenvalue weighted by Gasteiger charge is -2.06. The number of hydrogen-bond donors (Lipinski definition) is 1. The number of rotatable bonds is 5. The summed E-state index contributed by atoms with van der Waals surface area (Å²) in [7, 11) is 1.65. The number of nitrogens with zero attached hydrogens (tertiary/aromatic N) is 3. The van der Waals surface area contributed by atoms with Crippen LogP contribution in [0, 0.1) is 15.9 Å². The predicted octanol–water partition coefficient (Wildman–Crippen LogP) is 3.20. The number of aromatic nitrogens is 2. The van der Waals surface area contributed by atoms with Crippen LogP contribution in [0.2, 0.25) is 0 Å². The largest absolute Gasteiger partial charge is 0.360 e. The van der Waals surface area contributed by atoms with Crippen molar-refractivity contribution < 1.29 is 9.31 Å². The topological polar surface area (TPSA) is 73.0 Å². The summed E-state index contributed by atoms with van der Waals surface area (Å²) in [4.78, 5) is 10.8. The van der Waals surface area contributed by atoms with Crippen LogP contribution in [0.25, 0.3) is 0 Å². The van der Waals surface area contributed by atoms with Crippen LogP contribution >= 0.6 is 0 Å². The van der Waals surface area contributed by atoms with Crippen LogP contribution in [-0.2, 0) is 13.6 Å². The molecule has 2 rings (SSSR count). The quantitative estimate of drug-likeness (QED) is 0.678. The fourth-order valence-electron chi connectivity index (χ4n) is 2.13. The molecule has 0 spiro atoms. The second kappa shape index (κ2) is 5.90. The first-order chi connectivity index (χ1) is 9.90.